The van der Waals surface area contributed by atoms with Crippen LogP contribution in [-0.4, -0.2) is 6.26 Å². The number of hydrogen-bond donors (Lipinski definition) is 0. The summed E-state index contributed by atoms with van der Waals surface area (Å²) in [5.41, 5.74) is 2.70. The van der Waals surface area contributed by atoms with Crippen LogP contribution >= 0.6 is 11.8 Å². The summed E-state index contributed by atoms with van der Waals surface area (Å²) in [6.45, 7) is 4.32. The summed E-state index contributed by atoms with van der Waals surface area (Å²) in [5.74, 6) is 0. The van der Waals surface area contributed by atoms with Crippen LogP contribution in [0.1, 0.15) is 11.1 Å². The van der Waals surface area contributed by atoms with Crippen molar-refractivity contribution in [2.45, 2.75) is 18.7 Å². The first kappa shape index (κ1) is 9.60. The molecule has 0 spiro atoms. The molecule has 0 saturated carbocycles. The van der Waals surface area contributed by atoms with Crippen molar-refractivity contribution in [2.75, 3.05) is 6.26 Å². The van der Waals surface area contributed by atoms with Gasteiger partial charge in [0, 0.05) is 4.90 Å². The Morgan fingerprint density at radius 3 is 2.50 bits per heavy atom. The number of aryl methyl sites for hydroxylation is 2. The van der Waals surface area contributed by atoms with Gasteiger partial charge in [0.15, 0.2) is 0 Å². The molecule has 0 unspecified atom stereocenters. The molecule has 2 aromatic carbocycles. The average molecular weight is 202 g/mol. The Hall–Kier alpha value is -0.950. The standard InChI is InChI=1S/C13H14S/c1-9-4-5-11-8-12(14-3)7-10(2)13(11)6-9/h4-8H,1-3H3. The van der Waals surface area contributed by atoms with Crippen molar-refractivity contribution in [3.05, 3.63) is 41.5 Å². The molecule has 14 heavy (non-hydrogen) atoms. The van der Waals surface area contributed by atoms with E-state index < -0.39 is 0 Å². The van der Waals surface area contributed by atoms with Gasteiger partial charge in [-0.05, 0) is 48.6 Å². The molecule has 1 heteroatoms. The van der Waals surface area contributed by atoms with E-state index in [2.05, 4.69) is 50.4 Å². The molecule has 0 aromatic heterocycles. The second kappa shape index (κ2) is 3.66. The van der Waals surface area contributed by atoms with Crippen LogP contribution in [-0.2, 0) is 0 Å². The second-order valence-electron chi connectivity index (χ2n) is 3.67. The van der Waals surface area contributed by atoms with E-state index in [-0.39, 0.29) is 0 Å². The highest BCUT2D eigenvalue weighted by molar-refractivity contribution is 7.98. The lowest BCUT2D eigenvalue weighted by molar-refractivity contribution is 1.40. The smallest absolute Gasteiger partial charge is 0.00781 e. The monoisotopic (exact) mass is 202 g/mol. The maximum atomic E-state index is 2.26. The van der Waals surface area contributed by atoms with Gasteiger partial charge >= 0.3 is 0 Å². The highest BCUT2D eigenvalue weighted by atomic mass is 32.2. The van der Waals surface area contributed by atoms with Gasteiger partial charge in [0.25, 0.3) is 0 Å². The lowest BCUT2D eigenvalue weighted by Gasteiger charge is -2.06. The molecule has 0 heterocycles. The zero-order chi connectivity index (χ0) is 10.1. The molecular weight excluding hydrogens is 188 g/mol. The maximum Gasteiger partial charge on any atom is 0.00781 e. The van der Waals surface area contributed by atoms with Gasteiger partial charge in [-0.2, -0.15) is 0 Å². The fourth-order valence-electron chi connectivity index (χ4n) is 1.74. The van der Waals surface area contributed by atoms with Crippen LogP contribution in [0.5, 0.6) is 0 Å². The lowest BCUT2D eigenvalue weighted by Crippen LogP contribution is -1.82. The molecular formula is C13H14S. The minimum Gasteiger partial charge on any atom is -0.130 e. The number of rotatable bonds is 1. The highest BCUT2D eigenvalue weighted by Gasteiger charge is 2.00. The van der Waals surface area contributed by atoms with Crippen molar-refractivity contribution >= 4 is 22.5 Å². The third-order valence-corrected chi connectivity index (χ3v) is 3.23. The molecule has 0 radical (unpaired) electrons. The number of fused-ring (bicyclic) bond motifs is 1. The predicted octanol–water partition coefficient (Wildman–Crippen LogP) is 4.18. The minimum atomic E-state index is 1.33. The quantitative estimate of drug-likeness (QED) is 0.625. The fourth-order valence-corrected chi connectivity index (χ4v) is 2.28. The van der Waals surface area contributed by atoms with Crippen LogP contribution in [0.15, 0.2) is 35.2 Å². The van der Waals surface area contributed by atoms with Crippen molar-refractivity contribution < 1.29 is 0 Å². The fraction of sp³-hybridized carbons (Fsp3) is 0.231. The maximum absolute atomic E-state index is 2.26. The van der Waals surface area contributed by atoms with Gasteiger partial charge in [0.05, 0.1) is 0 Å². The molecule has 0 fully saturated rings. The molecule has 2 aromatic rings. The molecule has 0 aliphatic carbocycles. The van der Waals surface area contributed by atoms with Gasteiger partial charge in [-0.15, -0.1) is 11.8 Å². The predicted molar refractivity (Wildman–Crippen MR) is 65.2 cm³/mol. The van der Waals surface area contributed by atoms with Crippen molar-refractivity contribution in [2.24, 2.45) is 0 Å². The third-order valence-electron chi connectivity index (χ3n) is 2.53. The zero-order valence-corrected chi connectivity index (χ0v) is 9.61. The molecule has 0 amide bonds. The molecule has 0 aliphatic rings. The summed E-state index contributed by atoms with van der Waals surface area (Å²) >= 11 is 1.80. The molecule has 0 nitrogen and oxygen atoms in total. The summed E-state index contributed by atoms with van der Waals surface area (Å²) in [5, 5.41) is 2.72. The molecule has 0 aliphatic heterocycles. The van der Waals surface area contributed by atoms with E-state index in [1.165, 1.54) is 26.8 Å². The Morgan fingerprint density at radius 1 is 1.00 bits per heavy atom. The lowest BCUT2D eigenvalue weighted by atomic mass is 10.0. The van der Waals surface area contributed by atoms with Crippen LogP contribution < -0.4 is 0 Å². The zero-order valence-electron chi connectivity index (χ0n) is 8.79. The second-order valence-corrected chi connectivity index (χ2v) is 4.55. The van der Waals surface area contributed by atoms with E-state index >= 15 is 0 Å². The van der Waals surface area contributed by atoms with Crippen LogP contribution in [0.3, 0.4) is 0 Å². The van der Waals surface area contributed by atoms with Crippen molar-refractivity contribution in [1.29, 1.82) is 0 Å². The van der Waals surface area contributed by atoms with Crippen molar-refractivity contribution in [3.8, 4) is 0 Å². The van der Waals surface area contributed by atoms with Gasteiger partial charge in [-0.25, -0.2) is 0 Å². The molecule has 72 valence electrons. The van der Waals surface area contributed by atoms with Gasteiger partial charge in [0.2, 0.25) is 0 Å². The van der Waals surface area contributed by atoms with E-state index in [1.807, 2.05) is 0 Å². The first-order chi connectivity index (χ1) is 6.70. The molecule has 2 rings (SSSR count). The summed E-state index contributed by atoms with van der Waals surface area (Å²) < 4.78 is 0. The number of hydrogen-bond acceptors (Lipinski definition) is 1. The van der Waals surface area contributed by atoms with Gasteiger partial charge < -0.3 is 0 Å². The SMILES string of the molecule is CSc1cc(C)c2cc(C)ccc2c1. The summed E-state index contributed by atoms with van der Waals surface area (Å²) in [6.07, 6.45) is 2.12. The van der Waals surface area contributed by atoms with E-state index in [0.717, 1.165) is 0 Å². The topological polar surface area (TPSA) is 0 Å². The van der Waals surface area contributed by atoms with Crippen LogP contribution in [0.4, 0.5) is 0 Å². The molecule has 0 bridgehead atoms. The summed E-state index contributed by atoms with van der Waals surface area (Å²) in [7, 11) is 0. The Balaban J connectivity index is 2.76. The number of benzene rings is 2. The van der Waals surface area contributed by atoms with E-state index in [1.54, 1.807) is 11.8 Å². The van der Waals surface area contributed by atoms with Gasteiger partial charge in [0.1, 0.15) is 0 Å². The first-order valence-electron chi connectivity index (χ1n) is 4.76. The van der Waals surface area contributed by atoms with Crippen LogP contribution in [0.2, 0.25) is 0 Å². The van der Waals surface area contributed by atoms with E-state index in [9.17, 15) is 0 Å². The molecule has 0 atom stereocenters. The third kappa shape index (κ3) is 1.64. The van der Waals surface area contributed by atoms with Crippen LogP contribution in [0, 0.1) is 13.8 Å². The van der Waals surface area contributed by atoms with Crippen molar-refractivity contribution in [1.82, 2.24) is 0 Å². The van der Waals surface area contributed by atoms with Gasteiger partial charge in [-0.1, -0.05) is 23.8 Å². The van der Waals surface area contributed by atoms with E-state index in [0.29, 0.717) is 0 Å². The molecule has 0 saturated heterocycles. The Labute approximate surface area is 89.3 Å². The summed E-state index contributed by atoms with van der Waals surface area (Å²) in [4.78, 5) is 1.35. The normalized spacial score (nSPS) is 10.8. The van der Waals surface area contributed by atoms with Gasteiger partial charge in [-0.3, -0.25) is 0 Å². The largest absolute Gasteiger partial charge is 0.130 e. The first-order valence-corrected chi connectivity index (χ1v) is 5.98. The van der Waals surface area contributed by atoms with Crippen LogP contribution in [0.25, 0.3) is 10.8 Å². The number of thioether (sulfide) groups is 1. The average Bonchev–Trinajstić information content (AvgIpc) is 2.19. The Morgan fingerprint density at radius 2 is 1.79 bits per heavy atom. The Kier molecular flexibility index (Phi) is 2.51. The van der Waals surface area contributed by atoms with E-state index in [4.69, 9.17) is 0 Å². The van der Waals surface area contributed by atoms with Crippen molar-refractivity contribution in [3.63, 3.8) is 0 Å². The Bertz CT molecular complexity index is 472. The minimum absolute atomic E-state index is 1.33. The molecule has 0 N–H and O–H groups in total. The highest BCUT2D eigenvalue weighted by Crippen LogP contribution is 2.26. The summed E-state index contributed by atoms with van der Waals surface area (Å²) in [6, 6.07) is 11.1.